The predicted octanol–water partition coefficient (Wildman–Crippen LogP) is 1.86. The molecule has 0 aromatic carbocycles. The number of hydrogen-bond donors (Lipinski definition) is 0. The molecule has 0 radical (unpaired) electrons. The first-order chi connectivity index (χ1) is 12.1. The van der Waals surface area contributed by atoms with Gasteiger partial charge in [-0.2, -0.15) is 0 Å². The Morgan fingerprint density at radius 2 is 2.04 bits per heavy atom. The van der Waals surface area contributed by atoms with Gasteiger partial charge in [-0.15, -0.1) is 0 Å². The number of piperazine rings is 1. The van der Waals surface area contributed by atoms with E-state index in [0.29, 0.717) is 11.6 Å². The van der Waals surface area contributed by atoms with E-state index in [1.807, 2.05) is 19.9 Å². The molecule has 3 rings (SSSR count). The fraction of sp³-hybridized carbons (Fsp3) is 0.684. The van der Waals surface area contributed by atoms with Crippen molar-refractivity contribution >= 4 is 11.8 Å². The second-order valence-corrected chi connectivity index (χ2v) is 7.19. The highest BCUT2D eigenvalue weighted by Crippen LogP contribution is 2.26. The molecule has 2 saturated heterocycles. The summed E-state index contributed by atoms with van der Waals surface area (Å²) in [5.41, 5.74) is 0.577. The van der Waals surface area contributed by atoms with Crippen molar-refractivity contribution in [1.82, 2.24) is 14.8 Å². The number of nitrogens with zero attached hydrogens (tertiary/aromatic N) is 4. The third kappa shape index (κ3) is 4.30. The van der Waals surface area contributed by atoms with Crippen molar-refractivity contribution in [2.45, 2.75) is 39.3 Å². The van der Waals surface area contributed by atoms with Gasteiger partial charge in [0.05, 0.1) is 6.10 Å². The van der Waals surface area contributed by atoms with Crippen LogP contribution in [0.3, 0.4) is 0 Å². The summed E-state index contributed by atoms with van der Waals surface area (Å²) in [6, 6.07) is 4.17. The average molecular weight is 346 g/mol. The smallest absolute Gasteiger partial charge is 0.342 e. The molecule has 0 aliphatic carbocycles. The summed E-state index contributed by atoms with van der Waals surface area (Å²) in [6.07, 6.45) is 2.76. The van der Waals surface area contributed by atoms with Gasteiger partial charge in [-0.05, 0) is 38.9 Å². The van der Waals surface area contributed by atoms with E-state index < -0.39 is 0 Å². The highest BCUT2D eigenvalue weighted by molar-refractivity contribution is 5.94. The van der Waals surface area contributed by atoms with Crippen LogP contribution in [0.1, 0.15) is 37.6 Å². The van der Waals surface area contributed by atoms with Crippen molar-refractivity contribution in [1.29, 1.82) is 0 Å². The highest BCUT2D eigenvalue weighted by atomic mass is 16.5. The van der Waals surface area contributed by atoms with E-state index in [1.54, 1.807) is 12.3 Å². The van der Waals surface area contributed by atoms with Gasteiger partial charge in [0, 0.05) is 51.5 Å². The summed E-state index contributed by atoms with van der Waals surface area (Å²) in [5.74, 6) is 0.487. The Morgan fingerprint density at radius 3 is 2.72 bits per heavy atom. The van der Waals surface area contributed by atoms with Crippen molar-refractivity contribution in [2.24, 2.45) is 0 Å². The van der Waals surface area contributed by atoms with Crippen molar-refractivity contribution in [2.75, 3.05) is 50.7 Å². The van der Waals surface area contributed by atoms with Gasteiger partial charge in [0.2, 0.25) is 0 Å². The van der Waals surface area contributed by atoms with Crippen LogP contribution in [0.25, 0.3) is 0 Å². The molecule has 3 heterocycles. The van der Waals surface area contributed by atoms with Crippen LogP contribution in [-0.2, 0) is 4.74 Å². The van der Waals surface area contributed by atoms with Crippen LogP contribution in [0.4, 0.5) is 5.82 Å². The Balaban J connectivity index is 1.65. The third-order valence-electron chi connectivity index (χ3n) is 5.18. The number of aromatic nitrogens is 1. The van der Waals surface area contributed by atoms with Crippen LogP contribution >= 0.6 is 0 Å². The van der Waals surface area contributed by atoms with Gasteiger partial charge >= 0.3 is 5.97 Å². The Kier molecular flexibility index (Phi) is 5.91. The number of rotatable bonds is 5. The minimum Gasteiger partial charge on any atom is -0.459 e. The molecule has 6 nitrogen and oxygen atoms in total. The highest BCUT2D eigenvalue weighted by Gasteiger charge is 2.32. The van der Waals surface area contributed by atoms with Crippen LogP contribution in [-0.4, -0.2) is 78.7 Å². The SMILES string of the molecule is CCN1CCN(C2CCN(c3ncccc3C(=O)OC(C)C)C2)CC1. The number of esters is 1. The fourth-order valence-electron chi connectivity index (χ4n) is 3.76. The summed E-state index contributed by atoms with van der Waals surface area (Å²) in [6.45, 7) is 13.6. The van der Waals surface area contributed by atoms with Gasteiger partial charge in [0.15, 0.2) is 0 Å². The monoisotopic (exact) mass is 346 g/mol. The number of carbonyl (C=O) groups is 1. The summed E-state index contributed by atoms with van der Waals surface area (Å²) in [5, 5.41) is 0. The molecule has 1 aromatic heterocycles. The van der Waals surface area contributed by atoms with Crippen LogP contribution in [0.5, 0.6) is 0 Å². The normalized spacial score (nSPS) is 22.6. The van der Waals surface area contributed by atoms with Gasteiger partial charge in [0.1, 0.15) is 11.4 Å². The maximum atomic E-state index is 12.4. The molecule has 0 bridgehead atoms. The molecular weight excluding hydrogens is 316 g/mol. The van der Waals surface area contributed by atoms with Gasteiger partial charge < -0.3 is 14.5 Å². The second-order valence-electron chi connectivity index (χ2n) is 7.19. The molecule has 25 heavy (non-hydrogen) atoms. The zero-order valence-corrected chi connectivity index (χ0v) is 15.6. The lowest BCUT2D eigenvalue weighted by atomic mass is 10.2. The minimum atomic E-state index is -0.280. The van der Waals surface area contributed by atoms with Gasteiger partial charge in [-0.1, -0.05) is 6.92 Å². The lowest BCUT2D eigenvalue weighted by Gasteiger charge is -2.37. The van der Waals surface area contributed by atoms with Gasteiger partial charge in [-0.3, -0.25) is 4.90 Å². The lowest BCUT2D eigenvalue weighted by Crippen LogP contribution is -2.50. The molecule has 2 aliphatic heterocycles. The Hall–Kier alpha value is -1.66. The number of anilines is 1. The molecule has 0 N–H and O–H groups in total. The Bertz CT molecular complexity index is 585. The zero-order chi connectivity index (χ0) is 17.8. The minimum absolute atomic E-state index is 0.123. The molecule has 0 spiro atoms. The fourth-order valence-corrected chi connectivity index (χ4v) is 3.76. The first-order valence-electron chi connectivity index (χ1n) is 9.45. The van der Waals surface area contributed by atoms with Crippen LogP contribution < -0.4 is 4.90 Å². The van der Waals surface area contributed by atoms with E-state index in [4.69, 9.17) is 4.74 Å². The molecule has 2 fully saturated rings. The maximum Gasteiger partial charge on any atom is 0.342 e. The molecule has 1 unspecified atom stereocenters. The average Bonchev–Trinajstić information content (AvgIpc) is 3.11. The van der Waals surface area contributed by atoms with E-state index >= 15 is 0 Å². The standard InChI is InChI=1S/C19H30N4O2/c1-4-21-10-12-22(13-11-21)16-7-9-23(14-16)18-17(6-5-8-20-18)19(24)25-15(2)3/h5-6,8,15-16H,4,7,9-14H2,1-3H3. The van der Waals surface area contributed by atoms with Crippen LogP contribution in [0, 0.1) is 0 Å². The van der Waals surface area contributed by atoms with Crippen molar-refractivity contribution in [3.63, 3.8) is 0 Å². The number of pyridine rings is 1. The van der Waals surface area contributed by atoms with Gasteiger partial charge in [-0.25, -0.2) is 9.78 Å². The molecule has 1 aromatic rings. The van der Waals surface area contributed by atoms with Crippen LogP contribution in [0.2, 0.25) is 0 Å². The molecular formula is C19H30N4O2. The van der Waals surface area contributed by atoms with E-state index in [2.05, 4.69) is 26.6 Å². The second kappa shape index (κ2) is 8.15. The predicted molar refractivity (Wildman–Crippen MR) is 99.1 cm³/mol. The number of likely N-dealkylation sites (N-methyl/N-ethyl adjacent to an activating group) is 1. The lowest BCUT2D eigenvalue weighted by molar-refractivity contribution is 0.0378. The largest absolute Gasteiger partial charge is 0.459 e. The number of carbonyl (C=O) groups excluding carboxylic acids is 1. The number of ether oxygens (including phenoxy) is 1. The number of hydrogen-bond acceptors (Lipinski definition) is 6. The Labute approximate surface area is 150 Å². The summed E-state index contributed by atoms with van der Waals surface area (Å²) in [7, 11) is 0. The molecule has 6 heteroatoms. The molecule has 0 amide bonds. The van der Waals surface area contributed by atoms with E-state index in [-0.39, 0.29) is 12.1 Å². The quantitative estimate of drug-likeness (QED) is 0.759. The summed E-state index contributed by atoms with van der Waals surface area (Å²) >= 11 is 0. The molecule has 138 valence electrons. The van der Waals surface area contributed by atoms with Crippen molar-refractivity contribution < 1.29 is 9.53 Å². The molecule has 2 aliphatic rings. The summed E-state index contributed by atoms with van der Waals surface area (Å²) in [4.78, 5) is 24.2. The first-order valence-corrected chi connectivity index (χ1v) is 9.45. The van der Waals surface area contributed by atoms with E-state index in [0.717, 1.165) is 58.1 Å². The Morgan fingerprint density at radius 1 is 1.28 bits per heavy atom. The van der Waals surface area contributed by atoms with E-state index in [9.17, 15) is 4.79 Å². The van der Waals surface area contributed by atoms with Gasteiger partial charge in [0.25, 0.3) is 0 Å². The summed E-state index contributed by atoms with van der Waals surface area (Å²) < 4.78 is 5.38. The first kappa shape index (κ1) is 18.1. The third-order valence-corrected chi connectivity index (χ3v) is 5.18. The molecule has 1 atom stereocenters. The van der Waals surface area contributed by atoms with Crippen LogP contribution in [0.15, 0.2) is 18.3 Å². The van der Waals surface area contributed by atoms with Crippen molar-refractivity contribution in [3.8, 4) is 0 Å². The topological polar surface area (TPSA) is 48.9 Å². The maximum absolute atomic E-state index is 12.4. The van der Waals surface area contributed by atoms with E-state index in [1.165, 1.54) is 0 Å². The molecule has 0 saturated carbocycles. The van der Waals surface area contributed by atoms with Crippen molar-refractivity contribution in [3.05, 3.63) is 23.9 Å². The zero-order valence-electron chi connectivity index (χ0n) is 15.6.